The SMILES string of the molecule is CC(=O)c1cc(CC(=O)O)ccc1OCc1ccc2ccccc2n1. The van der Waals surface area contributed by atoms with Crippen molar-refractivity contribution in [2.75, 3.05) is 0 Å². The molecular formula is C20H17NO4. The Labute approximate surface area is 144 Å². The zero-order valence-corrected chi connectivity index (χ0v) is 13.7. The molecule has 0 saturated heterocycles. The molecule has 0 aliphatic carbocycles. The van der Waals surface area contributed by atoms with Gasteiger partial charge in [0.2, 0.25) is 0 Å². The number of carbonyl (C=O) groups is 2. The van der Waals surface area contributed by atoms with Crippen LogP contribution in [0.2, 0.25) is 0 Å². The van der Waals surface area contributed by atoms with Gasteiger partial charge < -0.3 is 9.84 Å². The summed E-state index contributed by atoms with van der Waals surface area (Å²) in [6.45, 7) is 1.66. The number of hydrogen-bond donors (Lipinski definition) is 1. The van der Waals surface area contributed by atoms with Gasteiger partial charge in [0.05, 0.1) is 23.2 Å². The van der Waals surface area contributed by atoms with Crippen molar-refractivity contribution in [1.29, 1.82) is 0 Å². The summed E-state index contributed by atoms with van der Waals surface area (Å²) in [5.41, 5.74) is 2.57. The summed E-state index contributed by atoms with van der Waals surface area (Å²) in [7, 11) is 0. The zero-order chi connectivity index (χ0) is 17.8. The second-order valence-electron chi connectivity index (χ2n) is 5.74. The third-order valence-corrected chi connectivity index (χ3v) is 3.81. The van der Waals surface area contributed by atoms with E-state index in [1.807, 2.05) is 36.4 Å². The van der Waals surface area contributed by atoms with Crippen LogP contribution in [0.15, 0.2) is 54.6 Å². The Morgan fingerprint density at radius 1 is 1.08 bits per heavy atom. The van der Waals surface area contributed by atoms with E-state index in [0.717, 1.165) is 16.6 Å². The highest BCUT2D eigenvalue weighted by molar-refractivity contribution is 5.97. The second-order valence-corrected chi connectivity index (χ2v) is 5.74. The molecule has 1 heterocycles. The number of carboxylic acid groups (broad SMARTS) is 1. The minimum absolute atomic E-state index is 0.132. The average Bonchev–Trinajstić information content (AvgIpc) is 2.59. The summed E-state index contributed by atoms with van der Waals surface area (Å²) in [6.07, 6.45) is -0.132. The van der Waals surface area contributed by atoms with Gasteiger partial charge in [-0.25, -0.2) is 4.98 Å². The number of carbonyl (C=O) groups excluding carboxylic acids is 1. The number of para-hydroxylation sites is 1. The molecule has 0 unspecified atom stereocenters. The number of ether oxygens (including phenoxy) is 1. The molecule has 0 atom stereocenters. The molecule has 0 aliphatic rings. The molecule has 0 radical (unpaired) electrons. The Balaban J connectivity index is 1.81. The van der Waals surface area contributed by atoms with Crippen LogP contribution < -0.4 is 4.74 Å². The maximum atomic E-state index is 11.8. The van der Waals surface area contributed by atoms with Gasteiger partial charge in [-0.3, -0.25) is 9.59 Å². The fourth-order valence-electron chi connectivity index (χ4n) is 2.60. The molecule has 0 amide bonds. The zero-order valence-electron chi connectivity index (χ0n) is 13.7. The first-order valence-corrected chi connectivity index (χ1v) is 7.86. The lowest BCUT2D eigenvalue weighted by Crippen LogP contribution is -2.06. The van der Waals surface area contributed by atoms with E-state index in [2.05, 4.69) is 4.98 Å². The molecule has 2 aromatic carbocycles. The molecule has 0 bridgehead atoms. The number of nitrogens with zero attached hydrogens (tertiary/aromatic N) is 1. The van der Waals surface area contributed by atoms with Crippen LogP contribution in [0.5, 0.6) is 5.75 Å². The molecule has 25 heavy (non-hydrogen) atoms. The van der Waals surface area contributed by atoms with Crippen LogP contribution in [0.3, 0.4) is 0 Å². The number of carboxylic acids is 1. The fraction of sp³-hybridized carbons (Fsp3) is 0.150. The van der Waals surface area contributed by atoms with Gasteiger partial charge in [0.25, 0.3) is 0 Å². The average molecular weight is 335 g/mol. The number of fused-ring (bicyclic) bond motifs is 1. The van der Waals surface area contributed by atoms with Gasteiger partial charge in [-0.1, -0.05) is 30.3 Å². The second kappa shape index (κ2) is 7.13. The van der Waals surface area contributed by atoms with E-state index in [1.165, 1.54) is 6.92 Å². The predicted molar refractivity (Wildman–Crippen MR) is 93.9 cm³/mol. The minimum Gasteiger partial charge on any atom is -0.487 e. The topological polar surface area (TPSA) is 76.5 Å². The Bertz CT molecular complexity index is 949. The number of hydrogen-bond acceptors (Lipinski definition) is 4. The summed E-state index contributed by atoms with van der Waals surface area (Å²) in [6, 6.07) is 16.5. The number of aromatic nitrogens is 1. The van der Waals surface area contributed by atoms with Crippen molar-refractivity contribution < 1.29 is 19.4 Å². The summed E-state index contributed by atoms with van der Waals surface area (Å²) in [5.74, 6) is -0.686. The lowest BCUT2D eigenvalue weighted by Gasteiger charge is -2.11. The summed E-state index contributed by atoms with van der Waals surface area (Å²) >= 11 is 0. The van der Waals surface area contributed by atoms with Crippen molar-refractivity contribution in [2.45, 2.75) is 20.0 Å². The van der Waals surface area contributed by atoms with Gasteiger partial charge >= 0.3 is 5.97 Å². The van der Waals surface area contributed by atoms with E-state index in [-0.39, 0.29) is 18.8 Å². The lowest BCUT2D eigenvalue weighted by atomic mass is 10.0. The van der Waals surface area contributed by atoms with Gasteiger partial charge in [-0.2, -0.15) is 0 Å². The molecule has 1 aromatic heterocycles. The van der Waals surface area contributed by atoms with E-state index in [1.54, 1.807) is 18.2 Å². The number of benzene rings is 2. The van der Waals surface area contributed by atoms with Gasteiger partial charge in [0.15, 0.2) is 5.78 Å². The molecule has 1 N–H and O–H groups in total. The maximum Gasteiger partial charge on any atom is 0.307 e. The standard InChI is InChI=1S/C20H17NO4/c1-13(22)17-10-14(11-20(23)24)6-9-19(17)25-12-16-8-7-15-4-2-3-5-18(15)21-16/h2-10H,11-12H2,1H3,(H,23,24). The first-order chi connectivity index (χ1) is 12.0. The molecule has 0 aliphatic heterocycles. The fourth-order valence-corrected chi connectivity index (χ4v) is 2.60. The summed E-state index contributed by atoms with van der Waals surface area (Å²) in [5, 5.41) is 9.93. The Hall–Kier alpha value is -3.21. The smallest absolute Gasteiger partial charge is 0.307 e. The van der Waals surface area contributed by atoms with E-state index in [4.69, 9.17) is 9.84 Å². The highest BCUT2D eigenvalue weighted by Gasteiger charge is 2.12. The molecule has 0 saturated carbocycles. The van der Waals surface area contributed by atoms with Crippen LogP contribution in [0.4, 0.5) is 0 Å². The van der Waals surface area contributed by atoms with Crippen molar-refractivity contribution in [3.63, 3.8) is 0 Å². The minimum atomic E-state index is -0.941. The van der Waals surface area contributed by atoms with E-state index < -0.39 is 5.97 Å². The third kappa shape index (κ3) is 4.01. The number of rotatable bonds is 6. The molecular weight excluding hydrogens is 318 g/mol. The molecule has 0 spiro atoms. The molecule has 3 aromatic rings. The van der Waals surface area contributed by atoms with Gasteiger partial charge in [-0.15, -0.1) is 0 Å². The molecule has 5 nitrogen and oxygen atoms in total. The Kier molecular flexibility index (Phi) is 4.75. The van der Waals surface area contributed by atoms with Crippen LogP contribution in [0, 0.1) is 0 Å². The van der Waals surface area contributed by atoms with Gasteiger partial charge in [0.1, 0.15) is 12.4 Å². The normalized spacial score (nSPS) is 10.6. The van der Waals surface area contributed by atoms with Crippen molar-refractivity contribution >= 4 is 22.7 Å². The Morgan fingerprint density at radius 3 is 2.64 bits per heavy atom. The number of Topliss-reactive ketones (excluding diaryl/α,β-unsaturated/α-hetero) is 1. The molecule has 0 fully saturated rings. The number of pyridine rings is 1. The van der Waals surface area contributed by atoms with Crippen molar-refractivity contribution in [1.82, 2.24) is 4.98 Å². The quantitative estimate of drug-likeness (QED) is 0.696. The van der Waals surface area contributed by atoms with E-state index >= 15 is 0 Å². The lowest BCUT2D eigenvalue weighted by molar-refractivity contribution is -0.136. The monoisotopic (exact) mass is 335 g/mol. The largest absolute Gasteiger partial charge is 0.487 e. The van der Waals surface area contributed by atoms with Crippen LogP contribution in [-0.4, -0.2) is 21.8 Å². The van der Waals surface area contributed by atoms with Crippen LogP contribution in [0.25, 0.3) is 10.9 Å². The summed E-state index contributed by atoms with van der Waals surface area (Å²) < 4.78 is 5.76. The molecule has 126 valence electrons. The van der Waals surface area contributed by atoms with Crippen LogP contribution in [-0.2, 0) is 17.8 Å². The highest BCUT2D eigenvalue weighted by Crippen LogP contribution is 2.23. The van der Waals surface area contributed by atoms with Crippen molar-refractivity contribution in [3.05, 3.63) is 71.4 Å². The number of ketones is 1. The summed E-state index contributed by atoms with van der Waals surface area (Å²) in [4.78, 5) is 27.2. The third-order valence-electron chi connectivity index (χ3n) is 3.81. The van der Waals surface area contributed by atoms with Crippen LogP contribution in [0.1, 0.15) is 28.5 Å². The first-order valence-electron chi connectivity index (χ1n) is 7.86. The van der Waals surface area contributed by atoms with Crippen molar-refractivity contribution in [3.8, 4) is 5.75 Å². The molecule has 3 rings (SSSR count). The maximum absolute atomic E-state index is 11.8. The van der Waals surface area contributed by atoms with Gasteiger partial charge in [0, 0.05) is 5.39 Å². The van der Waals surface area contributed by atoms with Gasteiger partial charge in [-0.05, 0) is 36.8 Å². The Morgan fingerprint density at radius 2 is 1.88 bits per heavy atom. The van der Waals surface area contributed by atoms with E-state index in [9.17, 15) is 9.59 Å². The first kappa shape index (κ1) is 16.6. The highest BCUT2D eigenvalue weighted by atomic mass is 16.5. The number of aliphatic carboxylic acids is 1. The van der Waals surface area contributed by atoms with Crippen LogP contribution >= 0.6 is 0 Å². The van der Waals surface area contributed by atoms with Crippen molar-refractivity contribution in [2.24, 2.45) is 0 Å². The van der Waals surface area contributed by atoms with E-state index in [0.29, 0.717) is 16.9 Å². The molecule has 5 heteroatoms. The predicted octanol–water partition coefficient (Wildman–Crippen LogP) is 3.64.